The molecule has 0 aliphatic rings. The summed E-state index contributed by atoms with van der Waals surface area (Å²) in [5.41, 5.74) is 4.11. The third-order valence-corrected chi connectivity index (χ3v) is 5.99. The molecule has 0 spiro atoms. The SMILES string of the molecule is Cc1ccc2nc(-c3ccc(Br)cc3)c3nc(-c4ccc(Cl)cc4)n(N)c(=O)c3c2c1. The first kappa shape index (κ1) is 19.7. The molecule has 0 amide bonds. The third-order valence-electron chi connectivity index (χ3n) is 5.21. The first-order valence-electron chi connectivity index (χ1n) is 9.56. The van der Waals surface area contributed by atoms with Crippen LogP contribution in [0.4, 0.5) is 0 Å². The maximum atomic E-state index is 13.5. The molecule has 0 fully saturated rings. The van der Waals surface area contributed by atoms with Crippen LogP contribution in [0.25, 0.3) is 44.5 Å². The maximum absolute atomic E-state index is 13.5. The second-order valence-electron chi connectivity index (χ2n) is 7.33. The monoisotopic (exact) mass is 490 g/mol. The van der Waals surface area contributed by atoms with Crippen molar-refractivity contribution in [2.75, 3.05) is 5.84 Å². The number of halogens is 2. The number of hydrogen-bond donors (Lipinski definition) is 1. The number of nitrogen functional groups attached to an aromatic ring is 1. The number of nitrogens with two attached hydrogens (primary N) is 1. The molecule has 0 aliphatic carbocycles. The van der Waals surface area contributed by atoms with Crippen molar-refractivity contribution in [2.45, 2.75) is 6.92 Å². The Balaban J connectivity index is 1.95. The van der Waals surface area contributed by atoms with Crippen molar-refractivity contribution >= 4 is 49.3 Å². The van der Waals surface area contributed by atoms with Crippen molar-refractivity contribution in [1.29, 1.82) is 0 Å². The number of benzene rings is 3. The summed E-state index contributed by atoms with van der Waals surface area (Å²) in [5, 5.41) is 1.77. The van der Waals surface area contributed by atoms with Crippen LogP contribution in [0.15, 0.2) is 76.0 Å². The number of aryl methyl sites for hydroxylation is 1. The van der Waals surface area contributed by atoms with Gasteiger partial charge in [-0.3, -0.25) is 4.79 Å². The number of aromatic nitrogens is 3. The molecule has 0 unspecified atom stereocenters. The smallest absolute Gasteiger partial charge is 0.280 e. The predicted octanol–water partition coefficient (Wildman–Crippen LogP) is 5.72. The van der Waals surface area contributed by atoms with E-state index in [0.29, 0.717) is 38.5 Å². The van der Waals surface area contributed by atoms with Gasteiger partial charge in [0.2, 0.25) is 0 Å². The zero-order chi connectivity index (χ0) is 21.7. The van der Waals surface area contributed by atoms with Crippen LogP contribution >= 0.6 is 27.5 Å². The van der Waals surface area contributed by atoms with E-state index in [0.717, 1.165) is 25.7 Å². The van der Waals surface area contributed by atoms with E-state index in [1.165, 1.54) is 0 Å². The molecular weight excluding hydrogens is 476 g/mol. The zero-order valence-electron chi connectivity index (χ0n) is 16.4. The quantitative estimate of drug-likeness (QED) is 0.253. The maximum Gasteiger partial charge on any atom is 0.280 e. The van der Waals surface area contributed by atoms with Gasteiger partial charge in [-0.2, -0.15) is 0 Å². The van der Waals surface area contributed by atoms with Crippen molar-refractivity contribution in [1.82, 2.24) is 14.6 Å². The van der Waals surface area contributed by atoms with Gasteiger partial charge in [0.25, 0.3) is 5.56 Å². The molecule has 2 aromatic heterocycles. The molecule has 3 aromatic carbocycles. The number of pyridine rings is 1. The molecule has 31 heavy (non-hydrogen) atoms. The summed E-state index contributed by atoms with van der Waals surface area (Å²) in [6.07, 6.45) is 0. The fourth-order valence-electron chi connectivity index (χ4n) is 3.68. The standard InChI is InChI=1S/C24H16BrClN4O/c1-13-2-11-19-18(12-13)20-22(21(28-19)14-3-7-16(25)8-4-14)29-23(30(27)24(20)31)15-5-9-17(26)10-6-15/h2-12H,27H2,1H3. The van der Waals surface area contributed by atoms with Gasteiger partial charge >= 0.3 is 0 Å². The van der Waals surface area contributed by atoms with Crippen molar-refractivity contribution < 1.29 is 0 Å². The highest BCUT2D eigenvalue weighted by Crippen LogP contribution is 2.32. The van der Waals surface area contributed by atoms with Gasteiger partial charge in [0, 0.05) is 26.0 Å². The minimum atomic E-state index is -0.327. The summed E-state index contributed by atoms with van der Waals surface area (Å²) in [5.74, 6) is 6.59. The molecule has 7 heteroatoms. The largest absolute Gasteiger partial charge is 0.334 e. The molecule has 0 aliphatic heterocycles. The van der Waals surface area contributed by atoms with Crippen molar-refractivity contribution in [3.05, 3.63) is 92.1 Å². The molecule has 5 nitrogen and oxygen atoms in total. The van der Waals surface area contributed by atoms with Crippen LogP contribution in [0.3, 0.4) is 0 Å². The Morgan fingerprint density at radius 2 is 1.61 bits per heavy atom. The Morgan fingerprint density at radius 3 is 2.32 bits per heavy atom. The minimum Gasteiger partial charge on any atom is -0.334 e. The lowest BCUT2D eigenvalue weighted by atomic mass is 10.0. The van der Waals surface area contributed by atoms with E-state index in [2.05, 4.69) is 15.9 Å². The Morgan fingerprint density at radius 1 is 0.935 bits per heavy atom. The molecule has 2 N–H and O–H groups in total. The van der Waals surface area contributed by atoms with E-state index in [9.17, 15) is 4.79 Å². The van der Waals surface area contributed by atoms with E-state index in [4.69, 9.17) is 27.4 Å². The van der Waals surface area contributed by atoms with Gasteiger partial charge in [-0.25, -0.2) is 14.6 Å². The van der Waals surface area contributed by atoms with Gasteiger partial charge in [0.05, 0.1) is 16.6 Å². The molecule has 5 rings (SSSR count). The first-order chi connectivity index (χ1) is 14.9. The van der Waals surface area contributed by atoms with Crippen LogP contribution < -0.4 is 11.4 Å². The summed E-state index contributed by atoms with van der Waals surface area (Å²) in [7, 11) is 0. The molecule has 0 atom stereocenters. The highest BCUT2D eigenvalue weighted by Gasteiger charge is 2.19. The summed E-state index contributed by atoms with van der Waals surface area (Å²) >= 11 is 9.50. The van der Waals surface area contributed by atoms with Crippen LogP contribution in [-0.2, 0) is 0 Å². The molecule has 0 saturated carbocycles. The Labute approximate surface area is 191 Å². The molecular formula is C24H16BrClN4O. The lowest BCUT2D eigenvalue weighted by molar-refractivity contribution is 0.927. The first-order valence-corrected chi connectivity index (χ1v) is 10.7. The molecule has 0 bridgehead atoms. The second-order valence-corrected chi connectivity index (χ2v) is 8.68. The van der Waals surface area contributed by atoms with E-state index in [-0.39, 0.29) is 5.56 Å². The van der Waals surface area contributed by atoms with Crippen LogP contribution in [0.2, 0.25) is 5.02 Å². The minimum absolute atomic E-state index is 0.327. The summed E-state index contributed by atoms with van der Waals surface area (Å²) in [6.45, 7) is 1.98. The van der Waals surface area contributed by atoms with Crippen LogP contribution in [0.5, 0.6) is 0 Å². The molecule has 0 radical (unpaired) electrons. The average molecular weight is 492 g/mol. The molecule has 5 aromatic rings. The number of rotatable bonds is 2. The second kappa shape index (κ2) is 7.48. The van der Waals surface area contributed by atoms with E-state index in [1.807, 2.05) is 49.4 Å². The summed E-state index contributed by atoms with van der Waals surface area (Å²) < 4.78 is 2.05. The molecule has 2 heterocycles. The van der Waals surface area contributed by atoms with Gasteiger partial charge in [-0.15, -0.1) is 0 Å². The highest BCUT2D eigenvalue weighted by molar-refractivity contribution is 9.10. The number of fused-ring (bicyclic) bond motifs is 3. The van der Waals surface area contributed by atoms with E-state index >= 15 is 0 Å². The predicted molar refractivity (Wildman–Crippen MR) is 130 cm³/mol. The lowest BCUT2D eigenvalue weighted by Crippen LogP contribution is -2.30. The van der Waals surface area contributed by atoms with E-state index in [1.54, 1.807) is 24.3 Å². The normalized spacial score (nSPS) is 11.3. The Hall–Kier alpha value is -3.22. The van der Waals surface area contributed by atoms with Crippen molar-refractivity contribution in [3.8, 4) is 22.6 Å². The highest BCUT2D eigenvalue weighted by atomic mass is 79.9. The van der Waals surface area contributed by atoms with Gasteiger partial charge in [-0.1, -0.05) is 51.3 Å². The van der Waals surface area contributed by atoms with Crippen molar-refractivity contribution in [2.24, 2.45) is 0 Å². The van der Waals surface area contributed by atoms with Crippen LogP contribution in [-0.4, -0.2) is 14.6 Å². The fourth-order valence-corrected chi connectivity index (χ4v) is 4.07. The summed E-state index contributed by atoms with van der Waals surface area (Å²) in [6, 6.07) is 20.7. The molecule has 152 valence electrons. The summed E-state index contributed by atoms with van der Waals surface area (Å²) in [4.78, 5) is 23.2. The number of nitrogens with zero attached hydrogens (tertiary/aromatic N) is 3. The van der Waals surface area contributed by atoms with Gasteiger partial charge in [0.15, 0.2) is 5.82 Å². The van der Waals surface area contributed by atoms with Gasteiger partial charge < -0.3 is 5.84 Å². The van der Waals surface area contributed by atoms with Crippen LogP contribution in [0, 0.1) is 6.92 Å². The fraction of sp³-hybridized carbons (Fsp3) is 0.0417. The lowest BCUT2D eigenvalue weighted by Gasteiger charge is -2.14. The Kier molecular flexibility index (Phi) is 4.76. The van der Waals surface area contributed by atoms with E-state index < -0.39 is 0 Å². The zero-order valence-corrected chi connectivity index (χ0v) is 18.8. The average Bonchev–Trinajstić information content (AvgIpc) is 2.76. The molecule has 0 saturated heterocycles. The van der Waals surface area contributed by atoms with Crippen LogP contribution in [0.1, 0.15) is 5.56 Å². The van der Waals surface area contributed by atoms with Gasteiger partial charge in [0.1, 0.15) is 5.52 Å². The number of hydrogen-bond acceptors (Lipinski definition) is 4. The van der Waals surface area contributed by atoms with Crippen molar-refractivity contribution in [3.63, 3.8) is 0 Å². The van der Waals surface area contributed by atoms with Gasteiger partial charge in [-0.05, 0) is 55.5 Å². The topological polar surface area (TPSA) is 73.8 Å². The Bertz CT molecular complexity index is 1530. The third kappa shape index (κ3) is 3.38.